The number of nitro benzene ring substituents is 1. The molecule has 0 amide bonds. The van der Waals surface area contributed by atoms with Crippen molar-refractivity contribution < 1.29 is 19.0 Å². The average Bonchev–Trinajstić information content (AvgIpc) is 3.21. The number of hydrogen-bond donors (Lipinski definition) is 0. The van der Waals surface area contributed by atoms with Crippen LogP contribution in [0.2, 0.25) is 0 Å². The first-order chi connectivity index (χ1) is 15.7. The Bertz CT molecular complexity index is 1480. The molecule has 1 aliphatic carbocycles. The van der Waals surface area contributed by atoms with Gasteiger partial charge in [-0.3, -0.25) is 14.9 Å². The maximum absolute atomic E-state index is 13.4. The standard InChI is InChI=1S/C26H24N3O4/c1-26(2)19-12-15(29(31)32)10-11-21(19)28(4)22(26)13-17-24(30)23(25(17)33-5)18-14-27(3)20-9-7-6-8-16(18)20/h6-14H,1-5H3/q+1. The Morgan fingerprint density at radius 3 is 2.61 bits per heavy atom. The van der Waals surface area contributed by atoms with E-state index in [4.69, 9.17) is 4.74 Å². The number of ether oxygens (including phenoxy) is 1. The number of hydrogen-bond acceptors (Lipinski definition) is 4. The third kappa shape index (κ3) is 2.81. The average molecular weight is 442 g/mol. The predicted molar refractivity (Wildman–Crippen MR) is 127 cm³/mol. The maximum atomic E-state index is 13.4. The number of Topliss-reactive ketones (excluding diaryl/α,β-unsaturated/α-hetero) is 1. The van der Waals surface area contributed by atoms with Crippen LogP contribution in [0.3, 0.4) is 0 Å². The second-order valence-electron chi connectivity index (χ2n) is 8.99. The van der Waals surface area contributed by atoms with Crippen LogP contribution in [-0.2, 0) is 22.0 Å². The molecule has 0 fully saturated rings. The van der Waals surface area contributed by atoms with Crippen molar-refractivity contribution >= 4 is 39.3 Å². The summed E-state index contributed by atoms with van der Waals surface area (Å²) in [6, 6.07) is 12.9. The van der Waals surface area contributed by atoms with Crippen LogP contribution < -0.4 is 0 Å². The monoisotopic (exact) mass is 442 g/mol. The number of nitro groups is 1. The summed E-state index contributed by atoms with van der Waals surface area (Å²) < 4.78 is 9.69. The fourth-order valence-electron chi connectivity index (χ4n) is 5.07. The zero-order valence-corrected chi connectivity index (χ0v) is 19.2. The molecule has 0 atom stereocenters. The molecule has 0 saturated heterocycles. The van der Waals surface area contributed by atoms with Gasteiger partial charge in [0, 0.05) is 59.5 Å². The normalized spacial score (nSPS) is 18.2. The molecule has 0 radical (unpaired) electrons. The van der Waals surface area contributed by atoms with E-state index < -0.39 is 5.41 Å². The number of ketones is 1. The summed E-state index contributed by atoms with van der Waals surface area (Å²) >= 11 is 0. The minimum Gasteiger partial charge on any atom is -0.495 e. The van der Waals surface area contributed by atoms with Crippen molar-refractivity contribution in [3.63, 3.8) is 0 Å². The molecular formula is C26H24N3O4+. The molecule has 2 aromatic carbocycles. The first-order valence-electron chi connectivity index (χ1n) is 10.7. The van der Waals surface area contributed by atoms with E-state index in [1.54, 1.807) is 19.2 Å². The molecule has 0 unspecified atom stereocenters. The first kappa shape index (κ1) is 20.9. The summed E-state index contributed by atoms with van der Waals surface area (Å²) in [5.74, 6) is 0.497. The molecule has 1 aromatic heterocycles. The number of benzene rings is 2. The summed E-state index contributed by atoms with van der Waals surface area (Å²) in [7, 11) is 5.45. The SMILES string of the molecule is COC1=C(c2cn(C)c3ccccc23)C(=O)/C1=C\C1=[N+](C)c2ccc([N+](=O)[O-])cc2C1(C)C. The molecule has 7 heteroatoms. The van der Waals surface area contributed by atoms with Gasteiger partial charge in [0.2, 0.25) is 11.5 Å². The summed E-state index contributed by atoms with van der Waals surface area (Å²) in [5.41, 5.74) is 5.16. The van der Waals surface area contributed by atoms with Crippen molar-refractivity contribution in [3.05, 3.63) is 87.3 Å². The highest BCUT2D eigenvalue weighted by atomic mass is 16.6. The van der Waals surface area contributed by atoms with Crippen LogP contribution in [0.5, 0.6) is 0 Å². The van der Waals surface area contributed by atoms with Gasteiger partial charge in [0.05, 0.1) is 28.6 Å². The Kier molecular flexibility index (Phi) is 4.43. The topological polar surface area (TPSA) is 77.4 Å². The molecule has 0 N–H and O–H groups in total. The van der Waals surface area contributed by atoms with Gasteiger partial charge in [-0.25, -0.2) is 0 Å². The van der Waals surface area contributed by atoms with Crippen LogP contribution in [0.4, 0.5) is 11.4 Å². The Morgan fingerprint density at radius 2 is 1.91 bits per heavy atom. The van der Waals surface area contributed by atoms with Crippen LogP contribution in [0.1, 0.15) is 25.0 Å². The smallest absolute Gasteiger partial charge is 0.270 e. The summed E-state index contributed by atoms with van der Waals surface area (Å²) in [6.45, 7) is 4.02. The van der Waals surface area contributed by atoms with E-state index in [9.17, 15) is 14.9 Å². The third-order valence-electron chi connectivity index (χ3n) is 6.82. The number of aromatic nitrogens is 1. The van der Waals surface area contributed by atoms with E-state index in [0.29, 0.717) is 16.9 Å². The van der Waals surface area contributed by atoms with Crippen LogP contribution in [0.15, 0.2) is 66.1 Å². The number of fused-ring (bicyclic) bond motifs is 2. The minimum absolute atomic E-state index is 0.0552. The van der Waals surface area contributed by atoms with Gasteiger partial charge in [0.15, 0.2) is 5.71 Å². The van der Waals surface area contributed by atoms with Gasteiger partial charge in [-0.2, -0.15) is 4.58 Å². The van der Waals surface area contributed by atoms with E-state index in [1.165, 1.54) is 6.07 Å². The van der Waals surface area contributed by atoms with Crippen LogP contribution in [0, 0.1) is 10.1 Å². The van der Waals surface area contributed by atoms with Crippen molar-refractivity contribution in [1.82, 2.24) is 4.57 Å². The molecule has 0 bridgehead atoms. The Hall–Kier alpha value is -4.00. The molecular weight excluding hydrogens is 418 g/mol. The van der Waals surface area contributed by atoms with Crippen molar-refractivity contribution in [2.24, 2.45) is 7.05 Å². The van der Waals surface area contributed by atoms with Gasteiger partial charge in [-0.05, 0) is 19.9 Å². The molecule has 0 saturated carbocycles. The van der Waals surface area contributed by atoms with Crippen molar-refractivity contribution in [3.8, 4) is 0 Å². The van der Waals surface area contributed by atoms with E-state index in [0.717, 1.165) is 33.4 Å². The summed E-state index contributed by atoms with van der Waals surface area (Å²) in [6.07, 6.45) is 3.82. The van der Waals surface area contributed by atoms with Gasteiger partial charge in [-0.15, -0.1) is 0 Å². The largest absolute Gasteiger partial charge is 0.495 e. The molecule has 166 valence electrons. The quantitative estimate of drug-likeness (QED) is 0.255. The Labute approximate surface area is 191 Å². The molecule has 2 heterocycles. The van der Waals surface area contributed by atoms with Gasteiger partial charge in [-0.1, -0.05) is 18.2 Å². The molecule has 1 aliphatic heterocycles. The molecule has 5 rings (SSSR count). The zero-order chi connectivity index (χ0) is 23.7. The lowest BCUT2D eigenvalue weighted by Gasteiger charge is -2.25. The summed E-state index contributed by atoms with van der Waals surface area (Å²) in [4.78, 5) is 24.3. The highest BCUT2D eigenvalue weighted by Gasteiger charge is 2.46. The van der Waals surface area contributed by atoms with Crippen LogP contribution in [0.25, 0.3) is 16.5 Å². The fourth-order valence-corrected chi connectivity index (χ4v) is 5.07. The highest BCUT2D eigenvalue weighted by molar-refractivity contribution is 6.41. The number of carbonyl (C=O) groups is 1. The second-order valence-corrected chi connectivity index (χ2v) is 8.99. The zero-order valence-electron chi connectivity index (χ0n) is 19.2. The number of aryl methyl sites for hydroxylation is 1. The highest BCUT2D eigenvalue weighted by Crippen LogP contribution is 2.45. The number of nitrogens with zero attached hydrogens (tertiary/aromatic N) is 3. The maximum Gasteiger partial charge on any atom is 0.270 e. The Balaban J connectivity index is 1.63. The second kappa shape index (κ2) is 7.00. The van der Waals surface area contributed by atoms with Gasteiger partial charge >= 0.3 is 0 Å². The van der Waals surface area contributed by atoms with E-state index in [2.05, 4.69) is 0 Å². The van der Waals surface area contributed by atoms with Gasteiger partial charge in [0.1, 0.15) is 12.8 Å². The minimum atomic E-state index is -0.516. The Morgan fingerprint density at radius 1 is 1.18 bits per heavy atom. The van der Waals surface area contributed by atoms with Crippen molar-refractivity contribution in [2.75, 3.05) is 14.2 Å². The van der Waals surface area contributed by atoms with Crippen molar-refractivity contribution in [2.45, 2.75) is 19.3 Å². The first-order valence-corrected chi connectivity index (χ1v) is 10.7. The van der Waals surface area contributed by atoms with E-state index >= 15 is 0 Å². The van der Waals surface area contributed by atoms with Crippen LogP contribution >= 0.6 is 0 Å². The molecule has 2 aliphatic rings. The lowest BCUT2D eigenvalue weighted by Crippen LogP contribution is -2.30. The van der Waals surface area contributed by atoms with Crippen LogP contribution in [-0.4, -0.2) is 39.7 Å². The van der Waals surface area contributed by atoms with Gasteiger partial charge < -0.3 is 9.30 Å². The summed E-state index contributed by atoms with van der Waals surface area (Å²) in [5, 5.41) is 12.3. The number of non-ortho nitro benzene ring substituents is 1. The number of para-hydroxylation sites is 1. The van der Waals surface area contributed by atoms with E-state index in [1.807, 2.05) is 73.6 Å². The van der Waals surface area contributed by atoms with Gasteiger partial charge in [0.25, 0.3) is 5.69 Å². The number of carbonyl (C=O) groups excluding carboxylic acids is 1. The third-order valence-corrected chi connectivity index (χ3v) is 6.82. The number of methoxy groups -OCH3 is 1. The number of allylic oxidation sites excluding steroid dienone is 3. The lowest BCUT2D eigenvalue weighted by molar-refractivity contribution is -0.402. The van der Waals surface area contributed by atoms with Crippen molar-refractivity contribution in [1.29, 1.82) is 0 Å². The number of rotatable bonds is 4. The molecule has 0 spiro atoms. The molecule has 33 heavy (non-hydrogen) atoms. The predicted octanol–water partition coefficient (Wildman–Crippen LogP) is 4.66. The van der Waals surface area contributed by atoms with E-state index in [-0.39, 0.29) is 16.4 Å². The molecule has 7 nitrogen and oxygen atoms in total. The lowest BCUT2D eigenvalue weighted by atomic mass is 9.77. The fraction of sp³-hybridized carbons (Fsp3) is 0.231. The molecule has 3 aromatic rings.